The lowest BCUT2D eigenvalue weighted by molar-refractivity contribution is 0.0693. The van der Waals surface area contributed by atoms with Crippen molar-refractivity contribution in [1.29, 1.82) is 0 Å². The number of benzene rings is 1. The third kappa shape index (κ3) is 2.98. The lowest BCUT2D eigenvalue weighted by Gasteiger charge is -2.11. The number of aromatic nitrogens is 2. The van der Waals surface area contributed by atoms with Gasteiger partial charge in [-0.1, -0.05) is 30.3 Å². The van der Waals surface area contributed by atoms with Crippen LogP contribution in [0.3, 0.4) is 0 Å². The molecule has 0 aliphatic rings. The van der Waals surface area contributed by atoms with Crippen LogP contribution in [0.2, 0.25) is 0 Å². The summed E-state index contributed by atoms with van der Waals surface area (Å²) in [6, 6.07) is 8.79. The summed E-state index contributed by atoms with van der Waals surface area (Å²) in [4.78, 5) is 28.2. The van der Waals surface area contributed by atoms with Crippen molar-refractivity contribution in [2.24, 2.45) is 0 Å². The van der Waals surface area contributed by atoms with Crippen LogP contribution in [0.5, 0.6) is 5.75 Å². The van der Waals surface area contributed by atoms with Crippen molar-refractivity contribution in [3.63, 3.8) is 0 Å². The number of hydrogen-bond acceptors (Lipinski definition) is 4. The first-order valence-electron chi connectivity index (χ1n) is 7.91. The second kappa shape index (κ2) is 6.39. The van der Waals surface area contributed by atoms with Gasteiger partial charge in [-0.05, 0) is 20.3 Å². The van der Waals surface area contributed by atoms with Gasteiger partial charge < -0.3 is 14.6 Å². The number of carboxylic acid groups (broad SMARTS) is 1. The molecule has 6 nitrogen and oxygen atoms in total. The number of Topliss-reactive ketones (excluding diaryl/α,β-unsaturated/α-hetero) is 1. The van der Waals surface area contributed by atoms with Crippen LogP contribution < -0.4 is 0 Å². The van der Waals surface area contributed by atoms with E-state index in [4.69, 9.17) is 0 Å². The highest BCUT2D eigenvalue weighted by Gasteiger charge is 2.21. The van der Waals surface area contributed by atoms with Gasteiger partial charge in [0.15, 0.2) is 17.2 Å². The molecule has 2 heterocycles. The fourth-order valence-electron chi connectivity index (χ4n) is 2.87. The average molecular weight is 338 g/mol. The molecular weight excluding hydrogens is 320 g/mol. The van der Waals surface area contributed by atoms with Crippen LogP contribution in [0, 0.1) is 13.8 Å². The Bertz CT molecular complexity index is 974. The molecule has 0 saturated heterocycles. The van der Waals surface area contributed by atoms with Crippen LogP contribution in [0.25, 0.3) is 5.65 Å². The van der Waals surface area contributed by atoms with E-state index in [-0.39, 0.29) is 35.5 Å². The minimum atomic E-state index is -1.15. The average Bonchev–Trinajstić information content (AvgIpc) is 2.89. The van der Waals surface area contributed by atoms with Gasteiger partial charge in [0.05, 0.1) is 11.3 Å². The highest BCUT2D eigenvalue weighted by molar-refractivity contribution is 5.97. The standard InChI is InChI=1S/C19H18N2O4/c1-11-12(2)21-10-15(19(24)25)14(17(23)18(21)20-11)8-9-16(22)13-6-4-3-5-7-13/h3-7,10,23H,8-9H2,1-2H3,(H,24,25). The quantitative estimate of drug-likeness (QED) is 0.697. The lowest BCUT2D eigenvalue weighted by Crippen LogP contribution is -2.09. The number of aromatic hydroxyl groups is 1. The number of aryl methyl sites for hydroxylation is 2. The smallest absolute Gasteiger partial charge is 0.337 e. The largest absolute Gasteiger partial charge is 0.504 e. The Morgan fingerprint density at radius 1 is 1.16 bits per heavy atom. The van der Waals surface area contributed by atoms with Gasteiger partial charge in [0.25, 0.3) is 0 Å². The van der Waals surface area contributed by atoms with Crippen LogP contribution in [-0.4, -0.2) is 31.4 Å². The van der Waals surface area contributed by atoms with E-state index in [1.165, 1.54) is 6.20 Å². The number of fused-ring (bicyclic) bond motifs is 1. The fourth-order valence-corrected chi connectivity index (χ4v) is 2.87. The van der Waals surface area contributed by atoms with Crippen LogP contribution in [0.1, 0.15) is 44.1 Å². The number of nitrogens with zero attached hydrogens (tertiary/aromatic N) is 2. The highest BCUT2D eigenvalue weighted by Crippen LogP contribution is 2.30. The molecule has 0 radical (unpaired) electrons. The summed E-state index contributed by atoms with van der Waals surface area (Å²) in [5.41, 5.74) is 2.55. The number of carboxylic acids is 1. The van der Waals surface area contributed by atoms with Gasteiger partial charge in [0, 0.05) is 29.4 Å². The molecule has 0 spiro atoms. The molecule has 3 aromatic rings. The number of pyridine rings is 1. The minimum absolute atomic E-state index is 0.0219. The van der Waals surface area contributed by atoms with Gasteiger partial charge >= 0.3 is 5.97 Å². The number of aromatic carboxylic acids is 1. The SMILES string of the molecule is Cc1nc2c(O)c(CCC(=O)c3ccccc3)c(C(=O)O)cn2c1C. The minimum Gasteiger partial charge on any atom is -0.504 e. The first kappa shape index (κ1) is 16.7. The summed E-state index contributed by atoms with van der Waals surface area (Å²) >= 11 is 0. The van der Waals surface area contributed by atoms with Crippen molar-refractivity contribution < 1.29 is 19.8 Å². The zero-order valence-electron chi connectivity index (χ0n) is 14.0. The molecule has 0 bridgehead atoms. The third-order valence-corrected chi connectivity index (χ3v) is 4.40. The van der Waals surface area contributed by atoms with Crippen molar-refractivity contribution >= 4 is 17.4 Å². The maximum atomic E-state index is 12.3. The Morgan fingerprint density at radius 2 is 1.84 bits per heavy atom. The van der Waals surface area contributed by atoms with E-state index >= 15 is 0 Å². The molecule has 128 valence electrons. The second-order valence-corrected chi connectivity index (χ2v) is 5.94. The molecular formula is C19H18N2O4. The summed E-state index contributed by atoms with van der Waals surface area (Å²) in [5, 5.41) is 20.0. The first-order valence-corrected chi connectivity index (χ1v) is 7.91. The summed E-state index contributed by atoms with van der Waals surface area (Å²) in [6.07, 6.45) is 1.68. The zero-order valence-corrected chi connectivity index (χ0v) is 14.0. The monoisotopic (exact) mass is 338 g/mol. The molecule has 0 atom stereocenters. The van der Waals surface area contributed by atoms with Crippen LogP contribution in [0.4, 0.5) is 0 Å². The molecule has 0 unspecified atom stereocenters. The molecule has 6 heteroatoms. The summed E-state index contributed by atoms with van der Waals surface area (Å²) in [7, 11) is 0. The summed E-state index contributed by atoms with van der Waals surface area (Å²) in [6.45, 7) is 3.60. The molecule has 2 N–H and O–H groups in total. The summed E-state index contributed by atoms with van der Waals surface area (Å²) in [5.74, 6) is -1.44. The van der Waals surface area contributed by atoms with Crippen molar-refractivity contribution in [3.05, 3.63) is 64.6 Å². The second-order valence-electron chi connectivity index (χ2n) is 5.94. The zero-order chi connectivity index (χ0) is 18.1. The molecule has 0 aliphatic heterocycles. The molecule has 0 fully saturated rings. The molecule has 25 heavy (non-hydrogen) atoms. The van der Waals surface area contributed by atoms with Crippen molar-refractivity contribution in [2.45, 2.75) is 26.7 Å². The fraction of sp³-hybridized carbons (Fsp3) is 0.211. The Kier molecular flexibility index (Phi) is 4.27. The number of ketones is 1. The van der Waals surface area contributed by atoms with Gasteiger partial charge in [-0.15, -0.1) is 0 Å². The number of hydrogen-bond donors (Lipinski definition) is 2. The Balaban J connectivity index is 2.00. The first-order chi connectivity index (χ1) is 11.9. The van der Waals surface area contributed by atoms with Crippen molar-refractivity contribution in [3.8, 4) is 5.75 Å². The van der Waals surface area contributed by atoms with Crippen molar-refractivity contribution in [1.82, 2.24) is 9.38 Å². The normalized spacial score (nSPS) is 11.0. The Labute approximate surface area is 144 Å². The molecule has 2 aromatic heterocycles. The lowest BCUT2D eigenvalue weighted by atomic mass is 9.99. The molecule has 0 amide bonds. The predicted molar refractivity (Wildman–Crippen MR) is 92.4 cm³/mol. The van der Waals surface area contributed by atoms with E-state index in [0.717, 1.165) is 5.69 Å². The maximum absolute atomic E-state index is 12.3. The third-order valence-electron chi connectivity index (χ3n) is 4.40. The number of rotatable bonds is 5. The maximum Gasteiger partial charge on any atom is 0.337 e. The molecule has 0 aliphatic carbocycles. The van der Waals surface area contributed by atoms with E-state index in [1.807, 2.05) is 6.07 Å². The molecule has 3 rings (SSSR count). The number of carbonyl (C=O) groups is 2. The van der Waals surface area contributed by atoms with Gasteiger partial charge in [-0.3, -0.25) is 4.79 Å². The molecule has 1 aromatic carbocycles. The van der Waals surface area contributed by atoms with Gasteiger partial charge in [0.2, 0.25) is 0 Å². The van der Waals surface area contributed by atoms with Crippen LogP contribution in [0.15, 0.2) is 36.5 Å². The van der Waals surface area contributed by atoms with E-state index in [9.17, 15) is 19.8 Å². The number of imidazole rings is 1. The van der Waals surface area contributed by atoms with Gasteiger partial charge in [0.1, 0.15) is 0 Å². The van der Waals surface area contributed by atoms with Crippen LogP contribution >= 0.6 is 0 Å². The van der Waals surface area contributed by atoms with Gasteiger partial charge in [-0.25, -0.2) is 9.78 Å². The van der Waals surface area contributed by atoms with E-state index < -0.39 is 5.97 Å². The highest BCUT2D eigenvalue weighted by atomic mass is 16.4. The number of carbonyl (C=O) groups excluding carboxylic acids is 1. The summed E-state index contributed by atoms with van der Waals surface area (Å²) < 4.78 is 1.57. The topological polar surface area (TPSA) is 91.9 Å². The predicted octanol–water partition coefficient (Wildman–Crippen LogP) is 3.17. The van der Waals surface area contributed by atoms with Crippen molar-refractivity contribution in [2.75, 3.05) is 0 Å². The van der Waals surface area contributed by atoms with E-state index in [2.05, 4.69) is 4.98 Å². The Morgan fingerprint density at radius 3 is 2.48 bits per heavy atom. The van der Waals surface area contributed by atoms with E-state index in [0.29, 0.717) is 16.9 Å². The molecule has 0 saturated carbocycles. The van der Waals surface area contributed by atoms with Crippen LogP contribution in [-0.2, 0) is 6.42 Å². The Hall–Kier alpha value is -3.15. The van der Waals surface area contributed by atoms with E-state index in [1.54, 1.807) is 42.5 Å². The van der Waals surface area contributed by atoms with Gasteiger partial charge in [-0.2, -0.15) is 0 Å².